The van der Waals surface area contributed by atoms with E-state index in [1.807, 2.05) is 0 Å². The first-order valence-electron chi connectivity index (χ1n) is 3.33. The maximum atomic E-state index is 10.5. The van der Waals surface area contributed by atoms with E-state index in [9.17, 15) is 4.21 Å². The Hall–Kier alpha value is 0.0700. The molecule has 0 rings (SSSR count). The third kappa shape index (κ3) is 6.19. The number of aliphatic hydroxyl groups is 1. The molecule has 0 radical (unpaired) electrons. The first kappa shape index (κ1) is 10.1. The van der Waals surface area contributed by atoms with E-state index in [0.29, 0.717) is 12.2 Å². The normalized spacial score (nSPS) is 16.7. The summed E-state index contributed by atoms with van der Waals surface area (Å²) in [7, 11) is -0.751. The molecule has 0 fully saturated rings. The lowest BCUT2D eigenvalue weighted by Gasteiger charge is -2.06. The van der Waals surface area contributed by atoms with E-state index in [-0.39, 0.29) is 12.6 Å². The fourth-order valence-corrected chi connectivity index (χ4v) is 1.26. The SMILES string of the molecule is CS(=O)CC[C@H](N)CCO. The Labute approximate surface area is 64.1 Å². The van der Waals surface area contributed by atoms with Crippen LogP contribution in [0.5, 0.6) is 0 Å². The van der Waals surface area contributed by atoms with E-state index in [0.717, 1.165) is 6.42 Å². The van der Waals surface area contributed by atoms with Crippen LogP contribution < -0.4 is 5.73 Å². The molecular weight excluding hydrogens is 150 g/mol. The van der Waals surface area contributed by atoms with Gasteiger partial charge in [-0.15, -0.1) is 0 Å². The molecule has 0 aromatic heterocycles. The van der Waals surface area contributed by atoms with Crippen LogP contribution in [0, 0.1) is 0 Å². The van der Waals surface area contributed by atoms with Gasteiger partial charge in [0.15, 0.2) is 0 Å². The van der Waals surface area contributed by atoms with Gasteiger partial charge in [-0.1, -0.05) is 0 Å². The van der Waals surface area contributed by atoms with Gasteiger partial charge in [0.1, 0.15) is 0 Å². The van der Waals surface area contributed by atoms with E-state index in [1.54, 1.807) is 6.26 Å². The predicted octanol–water partition coefficient (Wildman–Crippen LogP) is -0.535. The van der Waals surface area contributed by atoms with Crippen LogP contribution in [-0.4, -0.2) is 34.0 Å². The standard InChI is InChI=1S/C6H15NO2S/c1-10(9)5-3-6(7)2-4-8/h6,8H,2-5,7H2,1H3/t6-,10?/m1/s1. The summed E-state index contributed by atoms with van der Waals surface area (Å²) in [5, 5.41) is 8.45. The second-order valence-electron chi connectivity index (χ2n) is 2.34. The molecule has 4 heteroatoms. The maximum absolute atomic E-state index is 10.5. The highest BCUT2D eigenvalue weighted by Crippen LogP contribution is 1.94. The summed E-state index contributed by atoms with van der Waals surface area (Å²) in [5.74, 6) is 0.640. The van der Waals surface area contributed by atoms with Crippen molar-refractivity contribution in [1.82, 2.24) is 0 Å². The monoisotopic (exact) mass is 165 g/mol. The summed E-state index contributed by atoms with van der Waals surface area (Å²) in [4.78, 5) is 0. The van der Waals surface area contributed by atoms with Crippen molar-refractivity contribution >= 4 is 10.8 Å². The molecule has 0 aromatic rings. The Kier molecular flexibility index (Phi) is 5.87. The van der Waals surface area contributed by atoms with Gasteiger partial charge < -0.3 is 10.8 Å². The summed E-state index contributed by atoms with van der Waals surface area (Å²) < 4.78 is 10.5. The summed E-state index contributed by atoms with van der Waals surface area (Å²) in [6, 6.07) is 0.00824. The van der Waals surface area contributed by atoms with Gasteiger partial charge >= 0.3 is 0 Å². The molecule has 0 aliphatic rings. The third-order valence-corrected chi connectivity index (χ3v) is 2.09. The van der Waals surface area contributed by atoms with Crippen LogP contribution in [0.25, 0.3) is 0 Å². The van der Waals surface area contributed by atoms with Gasteiger partial charge in [0.05, 0.1) is 0 Å². The van der Waals surface area contributed by atoms with E-state index < -0.39 is 10.8 Å². The van der Waals surface area contributed by atoms with Gasteiger partial charge in [0, 0.05) is 35.5 Å². The molecule has 3 nitrogen and oxygen atoms in total. The minimum atomic E-state index is -0.751. The summed E-state index contributed by atoms with van der Waals surface area (Å²) in [5.41, 5.74) is 5.54. The van der Waals surface area contributed by atoms with E-state index in [4.69, 9.17) is 10.8 Å². The molecule has 62 valence electrons. The molecule has 0 aliphatic heterocycles. The van der Waals surface area contributed by atoms with Crippen molar-refractivity contribution < 1.29 is 9.32 Å². The summed E-state index contributed by atoms with van der Waals surface area (Å²) in [6.45, 7) is 0.123. The van der Waals surface area contributed by atoms with Crippen LogP contribution in [0.4, 0.5) is 0 Å². The lowest BCUT2D eigenvalue weighted by Crippen LogP contribution is -2.23. The first-order chi connectivity index (χ1) is 4.66. The van der Waals surface area contributed by atoms with Crippen molar-refractivity contribution in [2.75, 3.05) is 18.6 Å². The quantitative estimate of drug-likeness (QED) is 0.575. The molecule has 2 atom stereocenters. The zero-order valence-electron chi connectivity index (χ0n) is 6.25. The average Bonchev–Trinajstić information content (AvgIpc) is 1.85. The smallest absolute Gasteiger partial charge is 0.0445 e. The van der Waals surface area contributed by atoms with Gasteiger partial charge in [-0.2, -0.15) is 0 Å². The zero-order chi connectivity index (χ0) is 7.98. The highest BCUT2D eigenvalue weighted by Gasteiger charge is 2.01. The third-order valence-electron chi connectivity index (χ3n) is 1.28. The van der Waals surface area contributed by atoms with Crippen LogP contribution in [0.3, 0.4) is 0 Å². The Bertz CT molecular complexity index is 108. The van der Waals surface area contributed by atoms with Crippen LogP contribution >= 0.6 is 0 Å². The molecule has 3 N–H and O–H groups in total. The van der Waals surface area contributed by atoms with Crippen molar-refractivity contribution in [1.29, 1.82) is 0 Å². The van der Waals surface area contributed by atoms with E-state index in [2.05, 4.69) is 0 Å². The van der Waals surface area contributed by atoms with Crippen molar-refractivity contribution in [2.45, 2.75) is 18.9 Å². The Morgan fingerprint density at radius 2 is 2.20 bits per heavy atom. The average molecular weight is 165 g/mol. The molecule has 0 saturated heterocycles. The van der Waals surface area contributed by atoms with Crippen molar-refractivity contribution in [3.63, 3.8) is 0 Å². The van der Waals surface area contributed by atoms with Crippen LogP contribution in [0.2, 0.25) is 0 Å². The van der Waals surface area contributed by atoms with E-state index >= 15 is 0 Å². The van der Waals surface area contributed by atoms with Crippen molar-refractivity contribution in [3.05, 3.63) is 0 Å². The minimum absolute atomic E-state index is 0.00824. The minimum Gasteiger partial charge on any atom is -0.396 e. The number of nitrogens with two attached hydrogens (primary N) is 1. The Morgan fingerprint density at radius 1 is 1.60 bits per heavy atom. The maximum Gasteiger partial charge on any atom is 0.0445 e. The lowest BCUT2D eigenvalue weighted by atomic mass is 10.2. The molecule has 0 saturated carbocycles. The van der Waals surface area contributed by atoms with Crippen molar-refractivity contribution in [2.24, 2.45) is 5.73 Å². The molecule has 0 aromatic carbocycles. The van der Waals surface area contributed by atoms with Gasteiger partial charge in [-0.05, 0) is 12.8 Å². The molecule has 10 heavy (non-hydrogen) atoms. The molecule has 0 spiro atoms. The van der Waals surface area contributed by atoms with Gasteiger partial charge in [0.2, 0.25) is 0 Å². The van der Waals surface area contributed by atoms with Crippen molar-refractivity contribution in [3.8, 4) is 0 Å². The van der Waals surface area contributed by atoms with Gasteiger partial charge in [-0.3, -0.25) is 4.21 Å². The van der Waals surface area contributed by atoms with Crippen LogP contribution in [-0.2, 0) is 10.8 Å². The largest absolute Gasteiger partial charge is 0.396 e. The van der Waals surface area contributed by atoms with E-state index in [1.165, 1.54) is 0 Å². The number of aliphatic hydroxyl groups excluding tert-OH is 1. The van der Waals surface area contributed by atoms with Crippen LogP contribution in [0.15, 0.2) is 0 Å². The molecule has 1 unspecified atom stereocenters. The summed E-state index contributed by atoms with van der Waals surface area (Å²) in [6.07, 6.45) is 3.01. The molecule has 0 heterocycles. The van der Waals surface area contributed by atoms with Gasteiger partial charge in [0.25, 0.3) is 0 Å². The second-order valence-corrected chi connectivity index (χ2v) is 3.89. The Morgan fingerprint density at radius 3 is 2.60 bits per heavy atom. The van der Waals surface area contributed by atoms with Gasteiger partial charge in [-0.25, -0.2) is 0 Å². The second kappa shape index (κ2) is 5.82. The topological polar surface area (TPSA) is 63.3 Å². The first-order valence-corrected chi connectivity index (χ1v) is 5.06. The fourth-order valence-electron chi connectivity index (χ4n) is 0.627. The zero-order valence-corrected chi connectivity index (χ0v) is 7.06. The highest BCUT2D eigenvalue weighted by atomic mass is 32.2. The fraction of sp³-hybridized carbons (Fsp3) is 1.00. The number of hydrogen-bond donors (Lipinski definition) is 2. The summed E-state index contributed by atoms with van der Waals surface area (Å²) >= 11 is 0. The number of rotatable bonds is 5. The Balaban J connectivity index is 3.21. The molecular formula is C6H15NO2S. The lowest BCUT2D eigenvalue weighted by molar-refractivity contribution is 0.274. The van der Waals surface area contributed by atoms with Crippen LogP contribution in [0.1, 0.15) is 12.8 Å². The molecule has 0 bridgehead atoms. The predicted molar refractivity (Wildman–Crippen MR) is 43.2 cm³/mol. The molecule has 0 amide bonds. The number of hydrogen-bond acceptors (Lipinski definition) is 3. The highest BCUT2D eigenvalue weighted by molar-refractivity contribution is 7.84. The molecule has 0 aliphatic carbocycles.